The summed E-state index contributed by atoms with van der Waals surface area (Å²) >= 11 is 0. The van der Waals surface area contributed by atoms with Gasteiger partial charge in [0.2, 0.25) is 0 Å². The van der Waals surface area contributed by atoms with E-state index in [1.165, 1.54) is 5.06 Å². The highest BCUT2D eigenvalue weighted by Gasteiger charge is 2.45. The van der Waals surface area contributed by atoms with Crippen molar-refractivity contribution in [3.05, 3.63) is 0 Å². The maximum atomic E-state index is 12.0. The molecule has 1 unspecified atom stereocenters. The molecule has 0 aliphatic carbocycles. The third-order valence-electron chi connectivity index (χ3n) is 2.48. The molecule has 0 spiro atoms. The van der Waals surface area contributed by atoms with Gasteiger partial charge in [0.25, 0.3) is 0 Å². The molecule has 2 heterocycles. The van der Waals surface area contributed by atoms with Crippen LogP contribution < -0.4 is 5.32 Å². The number of esters is 1. The average molecular weight is 240 g/mol. The first-order chi connectivity index (χ1) is 7.48. The van der Waals surface area contributed by atoms with Crippen molar-refractivity contribution in [2.45, 2.75) is 24.9 Å². The van der Waals surface area contributed by atoms with E-state index >= 15 is 0 Å². The molecule has 16 heavy (non-hydrogen) atoms. The Kier molecular flexibility index (Phi) is 3.04. The normalized spacial score (nSPS) is 27.8. The minimum atomic E-state index is -4.95. The summed E-state index contributed by atoms with van der Waals surface area (Å²) in [4.78, 5) is 15.8. The molecule has 2 aliphatic heterocycles. The minimum absolute atomic E-state index is 0.0199. The van der Waals surface area contributed by atoms with Crippen molar-refractivity contribution >= 4 is 5.97 Å². The molecule has 8 heteroatoms. The van der Waals surface area contributed by atoms with Crippen LogP contribution in [-0.4, -0.2) is 49.2 Å². The Morgan fingerprint density at radius 3 is 2.62 bits per heavy atom. The van der Waals surface area contributed by atoms with E-state index < -0.39 is 18.4 Å². The Balaban J connectivity index is 1.90. The van der Waals surface area contributed by atoms with Gasteiger partial charge in [-0.05, 0) is 0 Å². The van der Waals surface area contributed by atoms with Gasteiger partial charge in [-0.2, -0.15) is 13.2 Å². The number of rotatable bonds is 2. The highest BCUT2D eigenvalue weighted by molar-refractivity contribution is 5.75. The van der Waals surface area contributed by atoms with Crippen molar-refractivity contribution in [1.29, 1.82) is 0 Å². The standard InChI is InChI=1S/C8H11F3N2O3/c9-8(10,11)7(14)16-6-1-2-15-13(6)5-3-12-4-5/h5-6,12H,1-4H2. The molecule has 0 aromatic carbocycles. The molecule has 0 aromatic heterocycles. The van der Waals surface area contributed by atoms with Gasteiger partial charge in [-0.15, -0.1) is 5.06 Å². The van der Waals surface area contributed by atoms with Gasteiger partial charge in [0.15, 0.2) is 6.23 Å². The number of carbonyl (C=O) groups is 1. The lowest BCUT2D eigenvalue weighted by Gasteiger charge is -2.36. The van der Waals surface area contributed by atoms with E-state index in [-0.39, 0.29) is 19.1 Å². The zero-order valence-electron chi connectivity index (χ0n) is 8.29. The third-order valence-corrected chi connectivity index (χ3v) is 2.48. The van der Waals surface area contributed by atoms with Gasteiger partial charge in [0, 0.05) is 19.5 Å². The molecule has 2 rings (SSSR count). The molecular formula is C8H11F3N2O3. The molecule has 0 saturated carbocycles. The first-order valence-electron chi connectivity index (χ1n) is 4.88. The fourth-order valence-corrected chi connectivity index (χ4v) is 1.56. The molecule has 5 nitrogen and oxygen atoms in total. The number of hydrogen-bond acceptors (Lipinski definition) is 5. The molecule has 0 aromatic rings. The molecule has 2 saturated heterocycles. The number of halogens is 3. The van der Waals surface area contributed by atoms with Gasteiger partial charge in [0.1, 0.15) is 0 Å². The largest absolute Gasteiger partial charge is 0.490 e. The van der Waals surface area contributed by atoms with Crippen LogP contribution in [0.3, 0.4) is 0 Å². The Hall–Kier alpha value is -0.860. The van der Waals surface area contributed by atoms with Crippen molar-refractivity contribution < 1.29 is 27.5 Å². The van der Waals surface area contributed by atoms with Gasteiger partial charge >= 0.3 is 12.1 Å². The molecule has 0 amide bonds. The Morgan fingerprint density at radius 2 is 2.12 bits per heavy atom. The van der Waals surface area contributed by atoms with Crippen LogP contribution in [0.1, 0.15) is 6.42 Å². The lowest BCUT2D eigenvalue weighted by atomic mass is 10.2. The first kappa shape index (κ1) is 11.6. The second-order valence-electron chi connectivity index (χ2n) is 3.65. The molecule has 0 radical (unpaired) electrons. The summed E-state index contributed by atoms with van der Waals surface area (Å²) in [6.45, 7) is 1.52. The van der Waals surface area contributed by atoms with Crippen LogP contribution >= 0.6 is 0 Å². The van der Waals surface area contributed by atoms with Gasteiger partial charge in [-0.25, -0.2) is 4.79 Å². The van der Waals surface area contributed by atoms with Crippen LogP contribution in [0.4, 0.5) is 13.2 Å². The Labute approximate surface area is 89.4 Å². The van der Waals surface area contributed by atoms with E-state index in [9.17, 15) is 18.0 Å². The number of ether oxygens (including phenoxy) is 1. The molecule has 0 bridgehead atoms. The van der Waals surface area contributed by atoms with Crippen LogP contribution in [0.15, 0.2) is 0 Å². The number of nitrogens with one attached hydrogen (secondary N) is 1. The van der Waals surface area contributed by atoms with E-state index in [0.29, 0.717) is 13.1 Å². The summed E-state index contributed by atoms with van der Waals surface area (Å²) in [5, 5.41) is 4.29. The summed E-state index contributed by atoms with van der Waals surface area (Å²) in [7, 11) is 0. The van der Waals surface area contributed by atoms with E-state index in [4.69, 9.17) is 4.84 Å². The fourth-order valence-electron chi connectivity index (χ4n) is 1.56. The highest BCUT2D eigenvalue weighted by atomic mass is 19.4. The van der Waals surface area contributed by atoms with Crippen LogP contribution in [0.2, 0.25) is 0 Å². The average Bonchev–Trinajstić information content (AvgIpc) is 2.48. The quantitative estimate of drug-likeness (QED) is 0.690. The number of hydroxylamine groups is 2. The van der Waals surface area contributed by atoms with E-state index in [0.717, 1.165) is 0 Å². The van der Waals surface area contributed by atoms with Crippen LogP contribution in [-0.2, 0) is 14.4 Å². The topological polar surface area (TPSA) is 50.8 Å². The van der Waals surface area contributed by atoms with Crippen molar-refractivity contribution in [3.63, 3.8) is 0 Å². The summed E-state index contributed by atoms with van der Waals surface area (Å²) in [5.41, 5.74) is 0. The molecular weight excluding hydrogens is 229 g/mol. The maximum Gasteiger partial charge on any atom is 0.490 e. The summed E-state index contributed by atoms with van der Waals surface area (Å²) in [6.07, 6.45) is -5.62. The molecule has 2 fully saturated rings. The van der Waals surface area contributed by atoms with Crippen molar-refractivity contribution in [2.24, 2.45) is 0 Å². The zero-order valence-corrected chi connectivity index (χ0v) is 8.29. The van der Waals surface area contributed by atoms with Gasteiger partial charge < -0.3 is 10.1 Å². The highest BCUT2D eigenvalue weighted by Crippen LogP contribution is 2.24. The Morgan fingerprint density at radius 1 is 1.44 bits per heavy atom. The van der Waals surface area contributed by atoms with Crippen molar-refractivity contribution in [3.8, 4) is 0 Å². The molecule has 92 valence electrons. The molecule has 1 atom stereocenters. The smallest absolute Gasteiger partial charge is 0.437 e. The summed E-state index contributed by atoms with van der Waals surface area (Å²) in [6, 6.07) is -0.0199. The SMILES string of the molecule is O=C(OC1CCON1C1CNC1)C(F)(F)F. The number of carbonyl (C=O) groups excluding carboxylic acids is 1. The lowest BCUT2D eigenvalue weighted by Crippen LogP contribution is -2.58. The first-order valence-corrected chi connectivity index (χ1v) is 4.88. The zero-order chi connectivity index (χ0) is 11.8. The number of nitrogens with zero attached hydrogens (tertiary/aromatic N) is 1. The van der Waals surface area contributed by atoms with Crippen molar-refractivity contribution in [2.75, 3.05) is 19.7 Å². The number of alkyl halides is 3. The van der Waals surface area contributed by atoms with Gasteiger partial charge in [0.05, 0.1) is 12.6 Å². The molecule has 2 aliphatic rings. The van der Waals surface area contributed by atoms with Gasteiger partial charge in [-0.1, -0.05) is 0 Å². The van der Waals surface area contributed by atoms with Crippen LogP contribution in [0, 0.1) is 0 Å². The maximum absolute atomic E-state index is 12.0. The molecule has 1 N–H and O–H groups in total. The monoisotopic (exact) mass is 240 g/mol. The van der Waals surface area contributed by atoms with E-state index in [2.05, 4.69) is 10.1 Å². The fraction of sp³-hybridized carbons (Fsp3) is 0.875. The minimum Gasteiger partial charge on any atom is -0.437 e. The van der Waals surface area contributed by atoms with E-state index in [1.54, 1.807) is 0 Å². The predicted molar refractivity (Wildman–Crippen MR) is 45.0 cm³/mol. The third kappa shape index (κ3) is 2.28. The van der Waals surface area contributed by atoms with E-state index in [1.807, 2.05) is 0 Å². The summed E-state index contributed by atoms with van der Waals surface area (Å²) in [5.74, 6) is -2.17. The van der Waals surface area contributed by atoms with Crippen LogP contribution in [0.5, 0.6) is 0 Å². The van der Waals surface area contributed by atoms with Crippen molar-refractivity contribution in [1.82, 2.24) is 10.4 Å². The van der Waals surface area contributed by atoms with Gasteiger partial charge in [-0.3, -0.25) is 4.84 Å². The number of hydrogen-bond donors (Lipinski definition) is 1. The second-order valence-corrected chi connectivity index (χ2v) is 3.65. The second kappa shape index (κ2) is 4.19. The Bertz CT molecular complexity index is 280. The lowest BCUT2D eigenvalue weighted by molar-refractivity contribution is -0.247. The summed E-state index contributed by atoms with van der Waals surface area (Å²) < 4.78 is 40.3. The van der Waals surface area contributed by atoms with Crippen LogP contribution in [0.25, 0.3) is 0 Å². The predicted octanol–water partition coefficient (Wildman–Crippen LogP) is 0.0271.